The van der Waals surface area contributed by atoms with Gasteiger partial charge in [-0.15, -0.1) is 24.2 Å². The molecular formula is C37H55FN4O5. The first kappa shape index (κ1) is 39.7. The van der Waals surface area contributed by atoms with Gasteiger partial charge in [0.1, 0.15) is 12.8 Å². The van der Waals surface area contributed by atoms with E-state index in [2.05, 4.69) is 28.4 Å². The summed E-state index contributed by atoms with van der Waals surface area (Å²) in [4.78, 5) is 43.7. The van der Waals surface area contributed by atoms with Gasteiger partial charge in [0.2, 0.25) is 17.7 Å². The molecule has 1 aliphatic carbocycles. The molecule has 47 heavy (non-hydrogen) atoms. The number of terminal acetylenes is 1. The van der Waals surface area contributed by atoms with Gasteiger partial charge in [-0.05, 0) is 51.1 Å². The van der Waals surface area contributed by atoms with Crippen LogP contribution in [0.2, 0.25) is 0 Å². The van der Waals surface area contributed by atoms with Crippen molar-refractivity contribution in [3.05, 3.63) is 35.9 Å². The number of carbonyl (C=O) groups excluding carboxylic acids is 3. The molecule has 1 saturated carbocycles. The molecule has 2 rings (SSSR count). The van der Waals surface area contributed by atoms with E-state index >= 15 is 0 Å². The zero-order valence-electron chi connectivity index (χ0n) is 28.4. The van der Waals surface area contributed by atoms with E-state index in [0.717, 1.165) is 37.7 Å². The number of unbranched alkanes of at least 4 members (excludes halogenated alkanes) is 1. The van der Waals surface area contributed by atoms with Gasteiger partial charge in [-0.2, -0.15) is 0 Å². The summed E-state index contributed by atoms with van der Waals surface area (Å²) in [6.07, 6.45) is 10.4. The lowest BCUT2D eigenvalue weighted by Crippen LogP contribution is -2.56. The maximum absolute atomic E-state index is 13.8. The second kappa shape index (κ2) is 22.2. The molecule has 0 bridgehead atoms. The van der Waals surface area contributed by atoms with Crippen LogP contribution in [0, 0.1) is 36.0 Å². The SMILES string of the molecule is C#CCCCC(O)C(O)C(CC1CCCCC1)NC(=O)[C@H](CC#CC)NC(=O)C(CC(=O)N(C)CCN(C)CF)Cc1ccccc1. The fourth-order valence-corrected chi connectivity index (χ4v) is 5.93. The van der Waals surface area contributed by atoms with Gasteiger partial charge >= 0.3 is 0 Å². The molecule has 10 heteroatoms. The Balaban J connectivity index is 2.24. The van der Waals surface area contributed by atoms with Crippen LogP contribution in [-0.2, 0) is 20.8 Å². The molecule has 4 unspecified atom stereocenters. The molecule has 0 aromatic heterocycles. The van der Waals surface area contributed by atoms with Crippen molar-refractivity contribution in [3.8, 4) is 24.2 Å². The van der Waals surface area contributed by atoms with Crippen molar-refractivity contribution in [2.75, 3.05) is 34.0 Å². The van der Waals surface area contributed by atoms with Crippen molar-refractivity contribution in [3.63, 3.8) is 0 Å². The number of likely N-dealkylation sites (N-methyl/N-ethyl adjacent to an activating group) is 2. The monoisotopic (exact) mass is 654 g/mol. The summed E-state index contributed by atoms with van der Waals surface area (Å²) in [5.74, 6) is 6.49. The van der Waals surface area contributed by atoms with Gasteiger partial charge in [0, 0.05) is 39.4 Å². The molecule has 1 aromatic carbocycles. The summed E-state index contributed by atoms with van der Waals surface area (Å²) in [5.41, 5.74) is 0.865. The van der Waals surface area contributed by atoms with Crippen LogP contribution in [0.1, 0.15) is 83.1 Å². The average Bonchev–Trinajstić information content (AvgIpc) is 3.08. The van der Waals surface area contributed by atoms with Gasteiger partial charge in [0.15, 0.2) is 0 Å². The highest BCUT2D eigenvalue weighted by Crippen LogP contribution is 2.29. The van der Waals surface area contributed by atoms with Gasteiger partial charge in [-0.3, -0.25) is 19.3 Å². The molecule has 0 radical (unpaired) electrons. The maximum Gasteiger partial charge on any atom is 0.243 e. The van der Waals surface area contributed by atoms with Crippen LogP contribution in [-0.4, -0.2) is 96.0 Å². The van der Waals surface area contributed by atoms with Crippen molar-refractivity contribution in [1.82, 2.24) is 20.4 Å². The molecule has 0 spiro atoms. The van der Waals surface area contributed by atoms with E-state index < -0.39 is 48.8 Å². The summed E-state index contributed by atoms with van der Waals surface area (Å²) in [6.45, 7) is 1.66. The van der Waals surface area contributed by atoms with E-state index in [1.807, 2.05) is 30.3 Å². The summed E-state index contributed by atoms with van der Waals surface area (Å²) < 4.78 is 12.9. The number of rotatable bonds is 20. The standard InChI is InChI=1S/C37H55FN4O5/c1-5-7-11-21-33(43)35(45)32(25-29-18-14-10-15-19-29)40-37(47)31(20-8-6-2)39-36(46)30(24-28-16-12-9-13-17-28)26-34(44)42(4)23-22-41(3)27-38/h1,9,12-13,16-17,29-33,35,43,45H,7,10-11,14-15,18-27H2,2-4H3,(H,39,46)(H,40,47)/t30?,31-,32?,33?,35?/m0/s1. The Hall–Kier alpha value is -3.44. The van der Waals surface area contributed by atoms with Crippen LogP contribution in [0.25, 0.3) is 0 Å². The summed E-state index contributed by atoms with van der Waals surface area (Å²) in [6, 6.07) is 7.57. The zero-order chi connectivity index (χ0) is 34.6. The van der Waals surface area contributed by atoms with Gasteiger partial charge < -0.3 is 25.7 Å². The lowest BCUT2D eigenvalue weighted by atomic mass is 9.82. The number of benzene rings is 1. The highest BCUT2D eigenvalue weighted by molar-refractivity contribution is 5.91. The number of hydrogen-bond donors (Lipinski definition) is 4. The molecule has 9 nitrogen and oxygen atoms in total. The highest BCUT2D eigenvalue weighted by Gasteiger charge is 2.34. The van der Waals surface area contributed by atoms with Gasteiger partial charge in [-0.1, -0.05) is 62.4 Å². The van der Waals surface area contributed by atoms with Crippen molar-refractivity contribution in [2.24, 2.45) is 11.8 Å². The van der Waals surface area contributed by atoms with Crippen LogP contribution in [0.5, 0.6) is 0 Å². The fourth-order valence-electron chi connectivity index (χ4n) is 5.93. The van der Waals surface area contributed by atoms with Crippen molar-refractivity contribution < 1.29 is 29.0 Å². The number of nitrogens with one attached hydrogen (secondary N) is 2. The third-order valence-electron chi connectivity index (χ3n) is 8.95. The molecule has 4 N–H and O–H groups in total. The van der Waals surface area contributed by atoms with E-state index in [0.29, 0.717) is 44.7 Å². The molecule has 1 aliphatic rings. The van der Waals surface area contributed by atoms with Gasteiger partial charge in [0.05, 0.1) is 24.2 Å². The number of aliphatic hydroxyl groups is 2. The van der Waals surface area contributed by atoms with Crippen LogP contribution in [0.15, 0.2) is 30.3 Å². The van der Waals surface area contributed by atoms with Crippen molar-refractivity contribution in [2.45, 2.75) is 108 Å². The number of aliphatic hydroxyl groups excluding tert-OH is 2. The number of halogens is 1. The Morgan fingerprint density at radius 2 is 1.74 bits per heavy atom. The Labute approximate surface area is 281 Å². The zero-order valence-corrected chi connectivity index (χ0v) is 28.4. The topological polar surface area (TPSA) is 122 Å². The summed E-state index contributed by atoms with van der Waals surface area (Å²) >= 11 is 0. The Kier molecular flexibility index (Phi) is 18.8. The first-order chi connectivity index (χ1) is 22.6. The predicted octanol–water partition coefficient (Wildman–Crippen LogP) is 3.43. The molecule has 1 aromatic rings. The first-order valence-corrected chi connectivity index (χ1v) is 16.9. The fraction of sp³-hybridized carbons (Fsp3) is 0.649. The quantitative estimate of drug-likeness (QED) is 0.0972. The van der Waals surface area contributed by atoms with Crippen LogP contribution >= 0.6 is 0 Å². The molecule has 0 aliphatic heterocycles. The van der Waals surface area contributed by atoms with Crippen LogP contribution < -0.4 is 10.6 Å². The molecule has 0 heterocycles. The minimum Gasteiger partial charge on any atom is -0.390 e. The largest absolute Gasteiger partial charge is 0.390 e. The first-order valence-electron chi connectivity index (χ1n) is 16.9. The molecule has 0 saturated heterocycles. The van der Waals surface area contributed by atoms with E-state index in [-0.39, 0.29) is 25.2 Å². The Morgan fingerprint density at radius 1 is 1.04 bits per heavy atom. The molecular weight excluding hydrogens is 599 g/mol. The third kappa shape index (κ3) is 14.9. The van der Waals surface area contributed by atoms with Crippen LogP contribution in [0.4, 0.5) is 4.39 Å². The second-order valence-electron chi connectivity index (χ2n) is 12.8. The normalized spacial score (nSPS) is 16.5. The average molecular weight is 655 g/mol. The summed E-state index contributed by atoms with van der Waals surface area (Å²) in [5, 5.41) is 27.8. The molecule has 260 valence electrons. The maximum atomic E-state index is 13.8. The molecule has 1 fully saturated rings. The third-order valence-corrected chi connectivity index (χ3v) is 8.95. The number of alkyl halides is 1. The van der Waals surface area contributed by atoms with E-state index in [1.165, 1.54) is 9.80 Å². The van der Waals surface area contributed by atoms with Crippen molar-refractivity contribution >= 4 is 17.7 Å². The smallest absolute Gasteiger partial charge is 0.243 e. The number of amides is 3. The van der Waals surface area contributed by atoms with Crippen molar-refractivity contribution in [1.29, 1.82) is 0 Å². The highest BCUT2D eigenvalue weighted by atomic mass is 19.1. The Bertz CT molecular complexity index is 1190. The Morgan fingerprint density at radius 3 is 2.38 bits per heavy atom. The van der Waals surface area contributed by atoms with Gasteiger partial charge in [-0.25, -0.2) is 4.39 Å². The number of carbonyl (C=O) groups is 3. The second-order valence-corrected chi connectivity index (χ2v) is 12.8. The summed E-state index contributed by atoms with van der Waals surface area (Å²) in [7, 11) is 3.24. The number of hydrogen-bond acceptors (Lipinski definition) is 6. The minimum atomic E-state index is -1.21. The van der Waals surface area contributed by atoms with E-state index in [9.17, 15) is 29.0 Å². The minimum absolute atomic E-state index is 0.0342. The van der Waals surface area contributed by atoms with Gasteiger partial charge in [0.25, 0.3) is 0 Å². The molecule has 3 amide bonds. The number of nitrogens with zero attached hydrogens (tertiary/aromatic N) is 2. The lowest BCUT2D eigenvalue weighted by Gasteiger charge is -2.33. The predicted molar refractivity (Wildman–Crippen MR) is 182 cm³/mol. The van der Waals surface area contributed by atoms with E-state index in [4.69, 9.17) is 6.42 Å². The molecule has 5 atom stereocenters. The lowest BCUT2D eigenvalue weighted by molar-refractivity contribution is -0.137. The van der Waals surface area contributed by atoms with Crippen LogP contribution in [0.3, 0.4) is 0 Å². The van der Waals surface area contributed by atoms with E-state index in [1.54, 1.807) is 21.0 Å².